The molecule has 0 aliphatic rings. The van der Waals surface area contributed by atoms with E-state index < -0.39 is 0 Å². The summed E-state index contributed by atoms with van der Waals surface area (Å²) in [5.41, 5.74) is 1.11. The van der Waals surface area contributed by atoms with Gasteiger partial charge in [0.2, 0.25) is 5.88 Å². The van der Waals surface area contributed by atoms with Crippen molar-refractivity contribution in [1.29, 1.82) is 5.26 Å². The Hall–Kier alpha value is -2.09. The highest BCUT2D eigenvalue weighted by molar-refractivity contribution is 5.86. The van der Waals surface area contributed by atoms with E-state index in [-0.39, 0.29) is 0 Å². The molecular formula is C8H6N4O. The number of H-pyrrole nitrogens is 1. The Labute approximate surface area is 74.0 Å². The van der Waals surface area contributed by atoms with Crippen molar-refractivity contribution in [2.45, 2.75) is 0 Å². The lowest BCUT2D eigenvalue weighted by Gasteiger charge is -1.98. The molecule has 0 aromatic carbocycles. The molecule has 2 rings (SSSR count). The van der Waals surface area contributed by atoms with E-state index in [2.05, 4.69) is 15.0 Å². The summed E-state index contributed by atoms with van der Waals surface area (Å²) in [6.07, 6.45) is 2.97. The number of nitrogens with one attached hydrogen (secondary N) is 1. The lowest BCUT2D eigenvalue weighted by molar-refractivity contribution is 0.402. The fraction of sp³-hybridized carbons (Fsp3) is 0.125. The Morgan fingerprint density at radius 2 is 2.38 bits per heavy atom. The van der Waals surface area contributed by atoms with E-state index in [0.717, 1.165) is 0 Å². The molecule has 1 N–H and O–H groups in total. The molecule has 2 heterocycles. The smallest absolute Gasteiger partial charge is 0.227 e. The minimum absolute atomic E-state index is 0.419. The topological polar surface area (TPSA) is 74.6 Å². The second-order valence-electron chi connectivity index (χ2n) is 2.42. The second-order valence-corrected chi connectivity index (χ2v) is 2.42. The van der Waals surface area contributed by atoms with Crippen LogP contribution in [-0.4, -0.2) is 22.1 Å². The number of hydrogen-bond acceptors (Lipinski definition) is 4. The van der Waals surface area contributed by atoms with E-state index in [0.29, 0.717) is 22.5 Å². The van der Waals surface area contributed by atoms with Gasteiger partial charge in [-0.15, -0.1) is 0 Å². The Balaban J connectivity index is 2.85. The van der Waals surface area contributed by atoms with Crippen LogP contribution in [0.15, 0.2) is 12.5 Å². The third kappa shape index (κ3) is 0.999. The van der Waals surface area contributed by atoms with Gasteiger partial charge in [0.1, 0.15) is 18.0 Å². The predicted molar refractivity (Wildman–Crippen MR) is 45.2 cm³/mol. The first-order valence-electron chi connectivity index (χ1n) is 3.63. The molecule has 0 atom stereocenters. The van der Waals surface area contributed by atoms with Crippen LogP contribution in [-0.2, 0) is 0 Å². The first-order valence-corrected chi connectivity index (χ1v) is 3.63. The van der Waals surface area contributed by atoms with Gasteiger partial charge in [0.05, 0.1) is 18.1 Å². The number of hydrogen-bond donors (Lipinski definition) is 1. The third-order valence-corrected chi connectivity index (χ3v) is 1.75. The first-order chi connectivity index (χ1) is 6.36. The van der Waals surface area contributed by atoms with E-state index in [1.807, 2.05) is 6.07 Å². The molecule has 0 aliphatic carbocycles. The van der Waals surface area contributed by atoms with Crippen LogP contribution in [0.5, 0.6) is 5.88 Å². The van der Waals surface area contributed by atoms with E-state index in [1.165, 1.54) is 13.4 Å². The zero-order valence-electron chi connectivity index (χ0n) is 6.90. The molecule has 0 saturated heterocycles. The third-order valence-electron chi connectivity index (χ3n) is 1.75. The van der Waals surface area contributed by atoms with E-state index in [1.54, 1.807) is 6.20 Å². The van der Waals surface area contributed by atoms with Crippen molar-refractivity contribution in [3.05, 3.63) is 18.1 Å². The highest BCUT2D eigenvalue weighted by Crippen LogP contribution is 2.23. The number of fused-ring (bicyclic) bond motifs is 1. The maximum atomic E-state index is 8.76. The Morgan fingerprint density at radius 1 is 1.54 bits per heavy atom. The van der Waals surface area contributed by atoms with Crippen molar-refractivity contribution < 1.29 is 4.74 Å². The molecule has 0 amide bonds. The molecule has 0 unspecified atom stereocenters. The zero-order valence-corrected chi connectivity index (χ0v) is 6.90. The van der Waals surface area contributed by atoms with Crippen LogP contribution < -0.4 is 4.74 Å². The number of nitriles is 1. The fourth-order valence-electron chi connectivity index (χ4n) is 1.18. The molecule has 2 aromatic heterocycles. The molecule has 13 heavy (non-hydrogen) atoms. The predicted octanol–water partition coefficient (Wildman–Crippen LogP) is 0.838. The molecule has 0 radical (unpaired) electrons. The van der Waals surface area contributed by atoms with Crippen LogP contribution in [0.25, 0.3) is 11.0 Å². The summed E-state index contributed by atoms with van der Waals surface area (Å²) in [6.45, 7) is 0. The SMILES string of the molecule is COc1ncnc2[nH]cc(C#N)c12. The Morgan fingerprint density at radius 3 is 3.08 bits per heavy atom. The molecule has 5 nitrogen and oxygen atoms in total. The first kappa shape index (κ1) is 7.55. The standard InChI is InChI=1S/C8H6N4O/c1-13-8-6-5(2-9)3-10-7(6)11-4-12-8/h3-4H,1H3,(H,10,11,12). The van der Waals surface area contributed by atoms with Gasteiger partial charge in [-0.05, 0) is 0 Å². The second kappa shape index (κ2) is 2.75. The molecule has 0 fully saturated rings. The van der Waals surface area contributed by atoms with Crippen molar-refractivity contribution in [3.8, 4) is 11.9 Å². The van der Waals surface area contributed by atoms with Gasteiger partial charge in [-0.3, -0.25) is 0 Å². The molecule has 2 aromatic rings. The van der Waals surface area contributed by atoms with Gasteiger partial charge in [-0.1, -0.05) is 0 Å². The van der Waals surface area contributed by atoms with Gasteiger partial charge < -0.3 is 9.72 Å². The fourth-order valence-corrected chi connectivity index (χ4v) is 1.18. The number of nitrogens with zero attached hydrogens (tertiary/aromatic N) is 3. The van der Waals surface area contributed by atoms with Crippen molar-refractivity contribution >= 4 is 11.0 Å². The zero-order chi connectivity index (χ0) is 9.26. The summed E-state index contributed by atoms with van der Waals surface area (Å²) >= 11 is 0. The molecule has 5 heteroatoms. The summed E-state index contributed by atoms with van der Waals surface area (Å²) in [5, 5.41) is 9.40. The number of aromatic nitrogens is 3. The van der Waals surface area contributed by atoms with Crippen molar-refractivity contribution in [1.82, 2.24) is 15.0 Å². The van der Waals surface area contributed by atoms with Crippen LogP contribution in [0.2, 0.25) is 0 Å². The summed E-state index contributed by atoms with van der Waals surface area (Å²) in [6, 6.07) is 2.03. The summed E-state index contributed by atoms with van der Waals surface area (Å²) in [5.74, 6) is 0.419. The van der Waals surface area contributed by atoms with Crippen molar-refractivity contribution in [3.63, 3.8) is 0 Å². The molecular weight excluding hydrogens is 168 g/mol. The maximum Gasteiger partial charge on any atom is 0.227 e. The average molecular weight is 174 g/mol. The maximum absolute atomic E-state index is 8.76. The minimum atomic E-state index is 0.419. The summed E-state index contributed by atoms with van der Waals surface area (Å²) in [7, 11) is 1.51. The summed E-state index contributed by atoms with van der Waals surface area (Å²) in [4.78, 5) is 10.7. The quantitative estimate of drug-likeness (QED) is 0.695. The lowest BCUT2D eigenvalue weighted by Crippen LogP contribution is -1.90. The van der Waals surface area contributed by atoms with E-state index in [9.17, 15) is 0 Å². The van der Waals surface area contributed by atoms with E-state index >= 15 is 0 Å². The van der Waals surface area contributed by atoms with Gasteiger partial charge in [0.25, 0.3) is 0 Å². The lowest BCUT2D eigenvalue weighted by atomic mass is 10.2. The van der Waals surface area contributed by atoms with Crippen LogP contribution in [0.1, 0.15) is 5.56 Å². The van der Waals surface area contributed by atoms with Gasteiger partial charge in [0, 0.05) is 6.20 Å². The van der Waals surface area contributed by atoms with Gasteiger partial charge >= 0.3 is 0 Å². The number of methoxy groups -OCH3 is 1. The number of ether oxygens (including phenoxy) is 1. The molecule has 0 bridgehead atoms. The van der Waals surface area contributed by atoms with Gasteiger partial charge in [0.15, 0.2) is 0 Å². The molecule has 0 saturated carbocycles. The number of rotatable bonds is 1. The Bertz CT molecular complexity index is 482. The van der Waals surface area contributed by atoms with E-state index in [4.69, 9.17) is 10.00 Å². The van der Waals surface area contributed by atoms with Gasteiger partial charge in [-0.2, -0.15) is 5.26 Å². The van der Waals surface area contributed by atoms with Crippen LogP contribution in [0, 0.1) is 11.3 Å². The molecule has 0 spiro atoms. The average Bonchev–Trinajstić information content (AvgIpc) is 2.60. The van der Waals surface area contributed by atoms with Crippen molar-refractivity contribution in [2.75, 3.05) is 7.11 Å². The largest absolute Gasteiger partial charge is 0.480 e. The minimum Gasteiger partial charge on any atom is -0.480 e. The highest BCUT2D eigenvalue weighted by atomic mass is 16.5. The van der Waals surface area contributed by atoms with Crippen LogP contribution >= 0.6 is 0 Å². The van der Waals surface area contributed by atoms with Crippen molar-refractivity contribution in [2.24, 2.45) is 0 Å². The van der Waals surface area contributed by atoms with Crippen LogP contribution in [0.4, 0.5) is 0 Å². The van der Waals surface area contributed by atoms with Crippen LogP contribution in [0.3, 0.4) is 0 Å². The molecule has 64 valence electrons. The Kier molecular flexibility index (Phi) is 1.60. The number of aromatic amines is 1. The highest BCUT2D eigenvalue weighted by Gasteiger charge is 2.10. The summed E-state index contributed by atoms with van der Waals surface area (Å²) < 4.78 is 5.01. The monoisotopic (exact) mass is 174 g/mol. The van der Waals surface area contributed by atoms with Gasteiger partial charge in [-0.25, -0.2) is 9.97 Å². The molecule has 0 aliphatic heterocycles. The normalized spacial score (nSPS) is 9.85.